The van der Waals surface area contributed by atoms with Crippen LogP contribution in [0.2, 0.25) is 10.0 Å². The summed E-state index contributed by atoms with van der Waals surface area (Å²) >= 11 is 12.6. The molecule has 0 aliphatic rings. The molecule has 1 atom stereocenters. The molecule has 0 radical (unpaired) electrons. The van der Waals surface area contributed by atoms with E-state index in [9.17, 15) is 0 Å². The van der Waals surface area contributed by atoms with E-state index in [4.69, 9.17) is 32.4 Å². The summed E-state index contributed by atoms with van der Waals surface area (Å²) in [5, 5.41) is 4.59. The lowest BCUT2D eigenvalue weighted by Gasteiger charge is -2.20. The largest absolute Gasteiger partial charge is 0.495 e. The molecule has 1 heterocycles. The maximum Gasteiger partial charge on any atom is 0.138 e. The molecular weight excluding hydrogens is 309 g/mol. The lowest BCUT2D eigenvalue weighted by atomic mass is 10.0. The number of methoxy groups -OCH3 is 1. The van der Waals surface area contributed by atoms with Crippen molar-refractivity contribution < 1.29 is 9.15 Å². The third kappa shape index (κ3) is 3.54. The summed E-state index contributed by atoms with van der Waals surface area (Å²) < 4.78 is 10.8. The lowest BCUT2D eigenvalue weighted by molar-refractivity contribution is 0.414. The van der Waals surface area contributed by atoms with Crippen LogP contribution in [-0.4, -0.2) is 13.7 Å². The number of hydrogen-bond donors (Lipinski definition) is 1. The van der Waals surface area contributed by atoms with Crippen LogP contribution in [0.15, 0.2) is 28.9 Å². The first-order valence-electron chi connectivity index (χ1n) is 6.88. The van der Waals surface area contributed by atoms with Crippen LogP contribution in [0.4, 0.5) is 0 Å². The first kappa shape index (κ1) is 16.2. The molecule has 1 aromatic heterocycles. The second kappa shape index (κ2) is 7.21. The fourth-order valence-corrected chi connectivity index (χ4v) is 2.75. The van der Waals surface area contributed by atoms with E-state index < -0.39 is 0 Å². The van der Waals surface area contributed by atoms with Gasteiger partial charge in [-0.3, -0.25) is 0 Å². The molecule has 0 amide bonds. The number of benzene rings is 1. The molecule has 0 bridgehead atoms. The van der Waals surface area contributed by atoms with Gasteiger partial charge in [-0.25, -0.2) is 0 Å². The molecule has 1 N–H and O–H groups in total. The van der Waals surface area contributed by atoms with E-state index >= 15 is 0 Å². The van der Waals surface area contributed by atoms with E-state index in [1.165, 1.54) is 0 Å². The van der Waals surface area contributed by atoms with Crippen LogP contribution in [0, 0.1) is 6.92 Å². The quantitative estimate of drug-likeness (QED) is 0.811. The molecular formula is C16H19Cl2NO2. The number of hydrogen-bond acceptors (Lipinski definition) is 3. The third-order valence-corrected chi connectivity index (χ3v) is 3.97. The predicted molar refractivity (Wildman–Crippen MR) is 86.6 cm³/mol. The first-order valence-corrected chi connectivity index (χ1v) is 7.64. The van der Waals surface area contributed by atoms with Gasteiger partial charge in [-0.15, -0.1) is 0 Å². The Balaban J connectivity index is 2.46. The molecule has 0 aliphatic heterocycles. The van der Waals surface area contributed by atoms with Crippen LogP contribution in [0.5, 0.6) is 5.75 Å². The van der Waals surface area contributed by atoms with Gasteiger partial charge in [-0.2, -0.15) is 0 Å². The van der Waals surface area contributed by atoms with E-state index in [0.717, 1.165) is 29.9 Å². The zero-order chi connectivity index (χ0) is 15.4. The van der Waals surface area contributed by atoms with Gasteiger partial charge in [0, 0.05) is 11.1 Å². The van der Waals surface area contributed by atoms with Gasteiger partial charge in [0.05, 0.1) is 24.4 Å². The van der Waals surface area contributed by atoms with Crippen LogP contribution in [-0.2, 0) is 0 Å². The standard InChI is InChI=1S/C16H19Cl2NO2/c1-4-6-19-15(16-10(2)5-7-21-16)11-8-13(18)14(20-3)9-12(11)17/h5,7-9,15,19H,4,6H2,1-3H3. The summed E-state index contributed by atoms with van der Waals surface area (Å²) in [6.07, 6.45) is 2.70. The Bertz CT molecular complexity index is 610. The Labute approximate surface area is 135 Å². The molecule has 0 spiro atoms. The Morgan fingerprint density at radius 3 is 2.62 bits per heavy atom. The molecule has 0 saturated carbocycles. The second-order valence-corrected chi connectivity index (χ2v) is 5.68. The van der Waals surface area contributed by atoms with Crippen molar-refractivity contribution in [2.24, 2.45) is 0 Å². The Hall–Kier alpha value is -1.16. The van der Waals surface area contributed by atoms with E-state index in [1.807, 2.05) is 19.1 Å². The van der Waals surface area contributed by atoms with Gasteiger partial charge < -0.3 is 14.5 Å². The number of ether oxygens (including phenoxy) is 1. The highest BCUT2D eigenvalue weighted by atomic mass is 35.5. The van der Waals surface area contributed by atoms with Gasteiger partial charge in [0.25, 0.3) is 0 Å². The molecule has 3 nitrogen and oxygen atoms in total. The van der Waals surface area contributed by atoms with Crippen molar-refractivity contribution in [3.8, 4) is 5.75 Å². The molecule has 0 aliphatic carbocycles. The highest BCUT2D eigenvalue weighted by Crippen LogP contribution is 2.37. The summed E-state index contributed by atoms with van der Waals surface area (Å²) in [4.78, 5) is 0. The van der Waals surface area contributed by atoms with Gasteiger partial charge >= 0.3 is 0 Å². The predicted octanol–water partition coefficient (Wildman–Crippen LogP) is 4.99. The zero-order valence-corrected chi connectivity index (χ0v) is 13.9. The molecule has 0 saturated heterocycles. The third-order valence-electron chi connectivity index (χ3n) is 3.34. The molecule has 1 aromatic carbocycles. The smallest absolute Gasteiger partial charge is 0.138 e. The van der Waals surface area contributed by atoms with Crippen LogP contribution in [0.25, 0.3) is 0 Å². The summed E-state index contributed by atoms with van der Waals surface area (Å²) in [6, 6.07) is 5.38. The molecule has 5 heteroatoms. The Kier molecular flexibility index (Phi) is 5.57. The molecule has 2 aromatic rings. The van der Waals surface area contributed by atoms with E-state index in [1.54, 1.807) is 19.4 Å². The van der Waals surface area contributed by atoms with E-state index in [0.29, 0.717) is 15.8 Å². The monoisotopic (exact) mass is 327 g/mol. The van der Waals surface area contributed by atoms with Crippen molar-refractivity contribution in [1.29, 1.82) is 0 Å². The minimum atomic E-state index is -0.129. The van der Waals surface area contributed by atoms with Crippen LogP contribution >= 0.6 is 23.2 Å². The van der Waals surface area contributed by atoms with Crippen LogP contribution < -0.4 is 10.1 Å². The van der Waals surface area contributed by atoms with Crippen molar-refractivity contribution in [3.63, 3.8) is 0 Å². The maximum atomic E-state index is 6.40. The second-order valence-electron chi connectivity index (χ2n) is 4.86. The summed E-state index contributed by atoms with van der Waals surface area (Å²) in [5.74, 6) is 1.42. The number of halogens is 2. The fourth-order valence-electron chi connectivity index (χ4n) is 2.23. The Morgan fingerprint density at radius 1 is 1.29 bits per heavy atom. The van der Waals surface area contributed by atoms with Crippen molar-refractivity contribution in [3.05, 3.63) is 51.4 Å². The van der Waals surface area contributed by atoms with E-state index in [2.05, 4.69) is 12.2 Å². The van der Waals surface area contributed by atoms with Crippen LogP contribution in [0.1, 0.15) is 36.3 Å². The molecule has 21 heavy (non-hydrogen) atoms. The molecule has 0 fully saturated rings. The summed E-state index contributed by atoms with van der Waals surface area (Å²) in [7, 11) is 1.57. The normalized spacial score (nSPS) is 12.4. The topological polar surface area (TPSA) is 34.4 Å². The highest BCUT2D eigenvalue weighted by Gasteiger charge is 2.22. The minimum Gasteiger partial charge on any atom is -0.495 e. The number of aryl methyl sites for hydroxylation is 1. The van der Waals surface area contributed by atoms with Gasteiger partial charge in [-0.05, 0) is 43.1 Å². The van der Waals surface area contributed by atoms with Crippen LogP contribution in [0.3, 0.4) is 0 Å². The SMILES string of the molecule is CCCNC(c1cc(Cl)c(OC)cc1Cl)c1occc1C. The fraction of sp³-hybridized carbons (Fsp3) is 0.375. The van der Waals surface area contributed by atoms with Crippen molar-refractivity contribution in [2.45, 2.75) is 26.3 Å². The molecule has 114 valence electrons. The number of furan rings is 1. The Morgan fingerprint density at radius 2 is 2.05 bits per heavy atom. The minimum absolute atomic E-state index is 0.129. The van der Waals surface area contributed by atoms with Gasteiger partial charge in [0.2, 0.25) is 0 Å². The van der Waals surface area contributed by atoms with E-state index in [-0.39, 0.29) is 6.04 Å². The maximum absolute atomic E-state index is 6.40. The average Bonchev–Trinajstić information content (AvgIpc) is 2.88. The number of nitrogens with one attached hydrogen (secondary N) is 1. The number of rotatable bonds is 6. The van der Waals surface area contributed by atoms with Gasteiger partial charge in [0.15, 0.2) is 0 Å². The van der Waals surface area contributed by atoms with Crippen molar-refractivity contribution in [2.75, 3.05) is 13.7 Å². The first-order chi connectivity index (χ1) is 10.1. The van der Waals surface area contributed by atoms with Crippen molar-refractivity contribution in [1.82, 2.24) is 5.32 Å². The van der Waals surface area contributed by atoms with Gasteiger partial charge in [-0.1, -0.05) is 30.1 Å². The van der Waals surface area contributed by atoms with Gasteiger partial charge in [0.1, 0.15) is 11.5 Å². The van der Waals surface area contributed by atoms with Crippen molar-refractivity contribution >= 4 is 23.2 Å². The average molecular weight is 328 g/mol. The zero-order valence-electron chi connectivity index (χ0n) is 12.4. The highest BCUT2D eigenvalue weighted by molar-refractivity contribution is 6.34. The molecule has 1 unspecified atom stereocenters. The summed E-state index contributed by atoms with van der Waals surface area (Å²) in [5.41, 5.74) is 1.96. The summed E-state index contributed by atoms with van der Waals surface area (Å²) in [6.45, 7) is 4.98. The lowest BCUT2D eigenvalue weighted by Crippen LogP contribution is -2.23. The molecule has 2 rings (SSSR count).